The van der Waals surface area contributed by atoms with E-state index < -0.39 is 0 Å². The molecule has 5 heteroatoms. The number of benzene rings is 2. The minimum Gasteiger partial charge on any atom is -0.497 e. The maximum absolute atomic E-state index is 12.9. The molecular weight excluding hydrogens is 333 g/mol. The van der Waals surface area contributed by atoms with E-state index in [1.165, 1.54) is 29.8 Å². The molecule has 136 valence electrons. The molecule has 26 heavy (non-hydrogen) atoms. The summed E-state index contributed by atoms with van der Waals surface area (Å²) in [5, 5.41) is 0. The molecule has 1 heterocycles. The zero-order valence-corrected chi connectivity index (χ0v) is 15.0. The zero-order valence-electron chi connectivity index (χ0n) is 15.0. The van der Waals surface area contributed by atoms with Gasteiger partial charge in [0, 0.05) is 24.9 Å². The molecule has 0 fully saturated rings. The summed E-state index contributed by atoms with van der Waals surface area (Å²) in [7, 11) is 1.62. The number of halogens is 1. The molecule has 1 amide bonds. The van der Waals surface area contributed by atoms with Crippen molar-refractivity contribution < 1.29 is 18.7 Å². The maximum atomic E-state index is 12.9. The fourth-order valence-corrected chi connectivity index (χ4v) is 3.40. The highest BCUT2D eigenvalue weighted by molar-refractivity contribution is 5.98. The van der Waals surface area contributed by atoms with Crippen LogP contribution in [-0.2, 0) is 11.2 Å². The average Bonchev–Trinajstić information content (AvgIpc) is 2.66. The Balaban J connectivity index is 1.64. The van der Waals surface area contributed by atoms with Gasteiger partial charge in [0.25, 0.3) is 0 Å². The van der Waals surface area contributed by atoms with Crippen molar-refractivity contribution >= 4 is 11.7 Å². The largest absolute Gasteiger partial charge is 0.497 e. The Morgan fingerprint density at radius 1 is 1.15 bits per heavy atom. The lowest BCUT2D eigenvalue weighted by Crippen LogP contribution is -2.39. The summed E-state index contributed by atoms with van der Waals surface area (Å²) in [6.45, 7) is 2.64. The molecule has 1 atom stereocenters. The summed E-state index contributed by atoms with van der Waals surface area (Å²) in [6, 6.07) is 11.3. The molecule has 0 N–H and O–H groups in total. The molecule has 3 rings (SSSR count). The smallest absolute Gasteiger partial charge is 0.223 e. The van der Waals surface area contributed by atoms with Gasteiger partial charge in [-0.05, 0) is 60.9 Å². The molecule has 1 unspecified atom stereocenters. The SMILES string of the molecule is COc1ccc2c(c1)C(C)N(C(=O)CCC(=O)c1ccc(F)cc1)CC2. The van der Waals surface area contributed by atoms with Gasteiger partial charge in [0.1, 0.15) is 11.6 Å². The van der Waals surface area contributed by atoms with E-state index in [0.29, 0.717) is 12.1 Å². The number of amides is 1. The van der Waals surface area contributed by atoms with E-state index in [0.717, 1.165) is 17.7 Å². The number of rotatable bonds is 5. The number of ether oxygens (including phenoxy) is 1. The zero-order chi connectivity index (χ0) is 18.7. The average molecular weight is 355 g/mol. The highest BCUT2D eigenvalue weighted by atomic mass is 19.1. The van der Waals surface area contributed by atoms with Gasteiger partial charge in [0.2, 0.25) is 5.91 Å². The highest BCUT2D eigenvalue weighted by Gasteiger charge is 2.28. The molecular formula is C21H22FNO3. The number of carbonyl (C=O) groups excluding carboxylic acids is 2. The van der Waals surface area contributed by atoms with Crippen LogP contribution in [0.1, 0.15) is 47.3 Å². The first-order valence-electron chi connectivity index (χ1n) is 8.74. The second-order valence-corrected chi connectivity index (χ2v) is 6.51. The number of methoxy groups -OCH3 is 1. The molecule has 4 nitrogen and oxygen atoms in total. The number of hydrogen-bond donors (Lipinski definition) is 0. The molecule has 0 saturated carbocycles. The lowest BCUT2D eigenvalue weighted by Gasteiger charge is -2.35. The molecule has 1 aliphatic heterocycles. The second-order valence-electron chi connectivity index (χ2n) is 6.51. The number of carbonyl (C=O) groups is 2. The Labute approximate surface area is 152 Å². The Morgan fingerprint density at radius 3 is 2.58 bits per heavy atom. The number of hydrogen-bond acceptors (Lipinski definition) is 3. The van der Waals surface area contributed by atoms with Crippen molar-refractivity contribution in [2.75, 3.05) is 13.7 Å². The fourth-order valence-electron chi connectivity index (χ4n) is 3.40. The monoisotopic (exact) mass is 355 g/mol. The van der Waals surface area contributed by atoms with Crippen molar-refractivity contribution in [3.63, 3.8) is 0 Å². The van der Waals surface area contributed by atoms with E-state index >= 15 is 0 Å². The van der Waals surface area contributed by atoms with Crippen LogP contribution in [0.3, 0.4) is 0 Å². The van der Waals surface area contributed by atoms with Crippen LogP contribution in [0, 0.1) is 5.82 Å². The first-order chi connectivity index (χ1) is 12.5. The van der Waals surface area contributed by atoms with Gasteiger partial charge in [-0.2, -0.15) is 0 Å². The Hall–Kier alpha value is -2.69. The minimum atomic E-state index is -0.381. The van der Waals surface area contributed by atoms with Crippen LogP contribution in [0.25, 0.3) is 0 Å². The fraction of sp³-hybridized carbons (Fsp3) is 0.333. The normalized spacial score (nSPS) is 16.1. The van der Waals surface area contributed by atoms with Crippen molar-refractivity contribution in [2.24, 2.45) is 0 Å². The number of fused-ring (bicyclic) bond motifs is 1. The van der Waals surface area contributed by atoms with Crippen molar-refractivity contribution in [1.29, 1.82) is 0 Å². The van der Waals surface area contributed by atoms with Gasteiger partial charge < -0.3 is 9.64 Å². The molecule has 1 aliphatic rings. The lowest BCUT2D eigenvalue weighted by atomic mass is 9.92. The topological polar surface area (TPSA) is 46.6 Å². The number of nitrogens with zero attached hydrogens (tertiary/aromatic N) is 1. The van der Waals surface area contributed by atoms with Crippen LogP contribution in [0.5, 0.6) is 5.75 Å². The first-order valence-corrected chi connectivity index (χ1v) is 8.74. The van der Waals surface area contributed by atoms with Crippen LogP contribution in [0.15, 0.2) is 42.5 Å². The lowest BCUT2D eigenvalue weighted by molar-refractivity contribution is -0.133. The summed E-state index contributed by atoms with van der Waals surface area (Å²) in [4.78, 5) is 26.7. The van der Waals surface area contributed by atoms with Gasteiger partial charge >= 0.3 is 0 Å². The Morgan fingerprint density at radius 2 is 1.88 bits per heavy atom. The molecule has 0 aliphatic carbocycles. The van der Waals surface area contributed by atoms with Crippen molar-refractivity contribution in [1.82, 2.24) is 4.90 Å². The summed E-state index contributed by atoms with van der Waals surface area (Å²) in [6.07, 6.45) is 1.07. The van der Waals surface area contributed by atoms with Crippen LogP contribution >= 0.6 is 0 Å². The van der Waals surface area contributed by atoms with Crippen LogP contribution < -0.4 is 4.74 Å². The van der Waals surface area contributed by atoms with E-state index in [-0.39, 0.29) is 36.4 Å². The maximum Gasteiger partial charge on any atom is 0.223 e. The van der Waals surface area contributed by atoms with E-state index in [9.17, 15) is 14.0 Å². The van der Waals surface area contributed by atoms with E-state index in [2.05, 4.69) is 0 Å². The highest BCUT2D eigenvalue weighted by Crippen LogP contribution is 2.32. The Bertz CT molecular complexity index is 817. The third-order valence-electron chi connectivity index (χ3n) is 4.95. The van der Waals surface area contributed by atoms with Crippen LogP contribution in [0.4, 0.5) is 4.39 Å². The molecule has 0 bridgehead atoms. The molecule has 0 aromatic heterocycles. The van der Waals surface area contributed by atoms with Crippen molar-refractivity contribution in [3.8, 4) is 5.75 Å². The quantitative estimate of drug-likeness (QED) is 0.763. The number of Topliss-reactive ketones (excluding diaryl/α,β-unsaturated/α-hetero) is 1. The number of ketones is 1. The van der Waals surface area contributed by atoms with Gasteiger partial charge in [0.15, 0.2) is 5.78 Å². The second kappa shape index (κ2) is 7.68. The van der Waals surface area contributed by atoms with E-state index in [1.807, 2.05) is 30.0 Å². The van der Waals surface area contributed by atoms with Crippen LogP contribution in [0.2, 0.25) is 0 Å². The van der Waals surface area contributed by atoms with Gasteiger partial charge in [-0.15, -0.1) is 0 Å². The van der Waals surface area contributed by atoms with Gasteiger partial charge in [-0.3, -0.25) is 9.59 Å². The third-order valence-corrected chi connectivity index (χ3v) is 4.95. The van der Waals surface area contributed by atoms with Crippen molar-refractivity contribution in [2.45, 2.75) is 32.2 Å². The molecule has 2 aromatic rings. The van der Waals surface area contributed by atoms with E-state index in [1.54, 1.807) is 7.11 Å². The minimum absolute atomic E-state index is 0.0403. The van der Waals surface area contributed by atoms with E-state index in [4.69, 9.17) is 4.74 Å². The predicted molar refractivity (Wildman–Crippen MR) is 96.8 cm³/mol. The van der Waals surface area contributed by atoms with Gasteiger partial charge in [-0.25, -0.2) is 4.39 Å². The molecule has 0 spiro atoms. The predicted octanol–water partition coefficient (Wildman–Crippen LogP) is 3.94. The first kappa shape index (κ1) is 18.1. The van der Waals surface area contributed by atoms with Crippen LogP contribution in [-0.4, -0.2) is 30.2 Å². The van der Waals surface area contributed by atoms with Crippen molar-refractivity contribution in [3.05, 3.63) is 65.0 Å². The summed E-state index contributed by atoms with van der Waals surface area (Å²) < 4.78 is 18.2. The summed E-state index contributed by atoms with van der Waals surface area (Å²) >= 11 is 0. The standard InChI is InChI=1S/C21H22FNO3/c1-14-19-13-18(26-2)8-5-15(19)11-12-23(14)21(25)10-9-20(24)16-3-6-17(22)7-4-16/h3-8,13-14H,9-12H2,1-2H3. The summed E-state index contributed by atoms with van der Waals surface area (Å²) in [5.74, 6) is 0.205. The summed E-state index contributed by atoms with van der Waals surface area (Å²) in [5.41, 5.74) is 2.75. The Kier molecular flexibility index (Phi) is 5.35. The van der Waals surface area contributed by atoms with Gasteiger partial charge in [0.05, 0.1) is 13.2 Å². The molecule has 0 saturated heterocycles. The molecule has 0 radical (unpaired) electrons. The molecule has 2 aromatic carbocycles. The van der Waals surface area contributed by atoms with Gasteiger partial charge in [-0.1, -0.05) is 6.07 Å². The third kappa shape index (κ3) is 3.77.